The summed E-state index contributed by atoms with van der Waals surface area (Å²) in [5.41, 5.74) is 4.26. The summed E-state index contributed by atoms with van der Waals surface area (Å²) in [7, 11) is -16.4. The van der Waals surface area contributed by atoms with Crippen LogP contribution in [0.25, 0.3) is 11.2 Å². The Labute approximate surface area is 318 Å². The van der Waals surface area contributed by atoms with Crippen LogP contribution in [0, 0.1) is 5.41 Å². The normalized spacial score (nSPS) is 22.0. The average molecular weight is 864 g/mol. The first kappa shape index (κ1) is 46.7. The van der Waals surface area contributed by atoms with Gasteiger partial charge in [-0.1, -0.05) is 45.0 Å². The molecule has 0 radical (unpaired) electrons. The fourth-order valence-electron chi connectivity index (χ4n) is 4.68. The van der Waals surface area contributed by atoms with Gasteiger partial charge in [-0.2, -0.15) is 4.31 Å². The zero-order valence-corrected chi connectivity index (χ0v) is 33.1. The standard InChI is InChI=1S/C27H44N7O17P3S/c1-4-5-6-7-18(36)55-11-10-29-17(35)8-9-30-25(39)22(38)27(2,3)13-48-54(45,46)51-53(43,44)47-12-16-21(50-52(40,41)42)20(37)26(49-16)34-15-33-19-23(28)31-14-32-24(19)34/h6-7,14-16,20-22,26,37-38H,4-5,8-13H2,1-3H3,(H,29,35)(H,30,39)(H,43,44)(H,45,46)(H2,28,31,32)(H2,40,41,42)/b7-6+/t16-,20-,21-,22-,26-/m1/s1. The van der Waals surface area contributed by atoms with Gasteiger partial charge in [0, 0.05) is 30.7 Å². The van der Waals surface area contributed by atoms with Crippen LogP contribution in [0.4, 0.5) is 5.82 Å². The number of hydrogen-bond donors (Lipinski definition) is 9. The molecule has 24 nitrogen and oxygen atoms in total. The van der Waals surface area contributed by atoms with Gasteiger partial charge in [0.15, 0.2) is 17.7 Å². The molecule has 0 spiro atoms. The van der Waals surface area contributed by atoms with Crippen molar-refractivity contribution in [1.82, 2.24) is 30.2 Å². The Morgan fingerprint density at radius 3 is 2.45 bits per heavy atom. The van der Waals surface area contributed by atoms with Crippen LogP contribution in [0.3, 0.4) is 0 Å². The molecule has 0 aromatic carbocycles. The molecular formula is C27H44N7O17P3S. The van der Waals surface area contributed by atoms with Crippen molar-refractivity contribution in [2.24, 2.45) is 5.41 Å². The highest BCUT2D eigenvalue weighted by Gasteiger charge is 2.50. The molecule has 2 amide bonds. The minimum absolute atomic E-state index is 0.0305. The molecule has 0 bridgehead atoms. The number of carbonyl (C=O) groups is 3. The molecule has 1 aliphatic rings. The number of amides is 2. The molecule has 0 aliphatic carbocycles. The summed E-state index contributed by atoms with van der Waals surface area (Å²) in [5, 5.41) is 26.2. The Morgan fingerprint density at radius 1 is 1.09 bits per heavy atom. The fraction of sp³-hybridized carbons (Fsp3) is 0.630. The van der Waals surface area contributed by atoms with Crippen LogP contribution in [0.1, 0.15) is 46.3 Å². The molecule has 7 atom stereocenters. The molecule has 1 fully saturated rings. The average Bonchev–Trinajstić information content (AvgIpc) is 3.64. The number of aliphatic hydroxyl groups is 2. The summed E-state index contributed by atoms with van der Waals surface area (Å²) in [4.78, 5) is 87.2. The maximum Gasteiger partial charge on any atom is 0.481 e. The van der Waals surface area contributed by atoms with Crippen LogP contribution in [-0.4, -0.2) is 123 Å². The number of carbonyl (C=O) groups excluding carboxylic acids is 3. The van der Waals surface area contributed by atoms with Gasteiger partial charge in [-0.15, -0.1) is 0 Å². The van der Waals surface area contributed by atoms with Crippen molar-refractivity contribution in [3.63, 3.8) is 0 Å². The van der Waals surface area contributed by atoms with Crippen molar-refractivity contribution in [2.75, 3.05) is 37.8 Å². The molecular weight excluding hydrogens is 819 g/mol. The van der Waals surface area contributed by atoms with Crippen LogP contribution < -0.4 is 16.4 Å². The third kappa shape index (κ3) is 14.6. The van der Waals surface area contributed by atoms with Crippen molar-refractivity contribution in [3.05, 3.63) is 24.8 Å². The van der Waals surface area contributed by atoms with Crippen LogP contribution in [0.2, 0.25) is 0 Å². The molecule has 1 aliphatic heterocycles. The number of ether oxygens (including phenoxy) is 1. The summed E-state index contributed by atoms with van der Waals surface area (Å²) in [6.45, 7) is 2.47. The van der Waals surface area contributed by atoms with E-state index in [2.05, 4.69) is 34.4 Å². The van der Waals surface area contributed by atoms with E-state index in [9.17, 15) is 57.9 Å². The number of phosphoric acid groups is 3. The van der Waals surface area contributed by atoms with E-state index >= 15 is 0 Å². The van der Waals surface area contributed by atoms with Gasteiger partial charge in [-0.25, -0.2) is 28.6 Å². The van der Waals surface area contributed by atoms with E-state index in [4.69, 9.17) is 19.5 Å². The Balaban J connectivity index is 1.49. The first-order chi connectivity index (χ1) is 25.6. The minimum atomic E-state index is -5.57. The highest BCUT2D eigenvalue weighted by Crippen LogP contribution is 2.61. The highest BCUT2D eigenvalue weighted by molar-refractivity contribution is 8.14. The molecule has 3 heterocycles. The molecule has 2 unspecified atom stereocenters. The molecule has 55 heavy (non-hydrogen) atoms. The number of anilines is 1. The van der Waals surface area contributed by atoms with Crippen molar-refractivity contribution >= 4 is 69.1 Å². The Bertz CT molecular complexity index is 1830. The third-order valence-electron chi connectivity index (χ3n) is 7.46. The topological polar surface area (TPSA) is 364 Å². The van der Waals surface area contributed by atoms with E-state index in [1.807, 2.05) is 6.92 Å². The number of allylic oxidation sites excluding steroid dienone is 1. The second-order valence-corrected chi connectivity index (χ2v) is 17.8. The van der Waals surface area contributed by atoms with Gasteiger partial charge in [0.25, 0.3) is 0 Å². The number of hydrogen-bond acceptors (Lipinski definition) is 18. The second kappa shape index (κ2) is 20.1. The fourth-order valence-corrected chi connectivity index (χ4v) is 8.10. The quantitative estimate of drug-likeness (QED) is 0.0428. The van der Waals surface area contributed by atoms with Crippen LogP contribution in [-0.2, 0) is 50.7 Å². The summed E-state index contributed by atoms with van der Waals surface area (Å²) in [6.07, 6.45) is -1.97. The van der Waals surface area contributed by atoms with Crippen molar-refractivity contribution < 1.29 is 80.5 Å². The number of aromatic nitrogens is 4. The number of aliphatic hydroxyl groups excluding tert-OH is 2. The molecule has 3 rings (SSSR count). The number of nitrogens with two attached hydrogens (primary N) is 1. The zero-order chi connectivity index (χ0) is 41.2. The van der Waals surface area contributed by atoms with Gasteiger partial charge in [-0.05, 0) is 12.5 Å². The van der Waals surface area contributed by atoms with Gasteiger partial charge in [0.2, 0.25) is 16.9 Å². The number of unbranched alkanes of at least 4 members (excludes halogenated alkanes) is 1. The first-order valence-electron chi connectivity index (χ1n) is 16.3. The Kier molecular flexibility index (Phi) is 17.1. The third-order valence-corrected chi connectivity index (χ3v) is 11.4. The lowest BCUT2D eigenvalue weighted by molar-refractivity contribution is -0.137. The summed E-state index contributed by atoms with van der Waals surface area (Å²) >= 11 is 1.03. The lowest BCUT2D eigenvalue weighted by Crippen LogP contribution is -2.46. The van der Waals surface area contributed by atoms with Crippen molar-refractivity contribution in [3.8, 4) is 0 Å². The van der Waals surface area contributed by atoms with E-state index in [1.54, 1.807) is 6.08 Å². The lowest BCUT2D eigenvalue weighted by Gasteiger charge is -2.30. The van der Waals surface area contributed by atoms with E-state index in [0.29, 0.717) is 5.75 Å². The number of nitrogen functional groups attached to an aromatic ring is 1. The number of fused-ring (bicyclic) bond motifs is 1. The number of nitrogens with one attached hydrogen (secondary N) is 2. The van der Waals surface area contributed by atoms with Gasteiger partial charge < -0.3 is 50.9 Å². The molecule has 310 valence electrons. The van der Waals surface area contributed by atoms with E-state index in [0.717, 1.165) is 41.8 Å². The number of thioether (sulfide) groups is 1. The maximum absolute atomic E-state index is 12.7. The zero-order valence-electron chi connectivity index (χ0n) is 29.6. The summed E-state index contributed by atoms with van der Waals surface area (Å²) in [6, 6.07) is 0. The largest absolute Gasteiger partial charge is 0.481 e. The molecule has 2 aromatic rings. The summed E-state index contributed by atoms with van der Waals surface area (Å²) < 4.78 is 62.0. The second-order valence-electron chi connectivity index (χ2n) is 12.4. The van der Waals surface area contributed by atoms with Crippen LogP contribution in [0.5, 0.6) is 0 Å². The van der Waals surface area contributed by atoms with Crippen LogP contribution in [0.15, 0.2) is 24.8 Å². The van der Waals surface area contributed by atoms with Gasteiger partial charge in [0.05, 0.1) is 19.5 Å². The summed E-state index contributed by atoms with van der Waals surface area (Å²) in [5.74, 6) is -1.12. The van der Waals surface area contributed by atoms with Gasteiger partial charge >= 0.3 is 23.5 Å². The molecule has 0 saturated carbocycles. The highest BCUT2D eigenvalue weighted by atomic mass is 32.2. The van der Waals surface area contributed by atoms with Crippen molar-refractivity contribution in [1.29, 1.82) is 0 Å². The minimum Gasteiger partial charge on any atom is -0.386 e. The molecule has 1 saturated heterocycles. The van der Waals surface area contributed by atoms with Gasteiger partial charge in [0.1, 0.15) is 36.3 Å². The van der Waals surface area contributed by atoms with E-state index in [1.165, 1.54) is 19.9 Å². The number of nitrogens with zero attached hydrogens (tertiary/aromatic N) is 4. The monoisotopic (exact) mass is 863 g/mol. The first-order valence-corrected chi connectivity index (χ1v) is 21.8. The predicted octanol–water partition coefficient (Wildman–Crippen LogP) is 0.0210. The number of imidazole rings is 1. The van der Waals surface area contributed by atoms with E-state index < -0.39 is 84.6 Å². The van der Waals surface area contributed by atoms with E-state index in [-0.39, 0.29) is 41.6 Å². The predicted molar refractivity (Wildman–Crippen MR) is 191 cm³/mol. The molecule has 28 heteroatoms. The molecule has 10 N–H and O–H groups in total. The Hall–Kier alpha value is -2.70. The number of phosphoric ester groups is 3. The number of rotatable bonds is 22. The molecule has 2 aromatic heterocycles. The Morgan fingerprint density at radius 2 is 1.78 bits per heavy atom. The SMILES string of the molecule is CCC/C=C/C(=O)SCCNC(=O)CCNC(=O)[C@@H](O)C(C)(C)COP(=O)(O)OP(=O)(O)OC[C@H]1O[C@@H](n2cnc3c(N)ncnc32)[C@H](O)[C@@H]1OP(=O)(O)O. The maximum atomic E-state index is 12.7. The van der Waals surface area contributed by atoms with Crippen LogP contribution >= 0.6 is 35.2 Å². The van der Waals surface area contributed by atoms with Gasteiger partial charge in [-0.3, -0.25) is 32.5 Å². The lowest BCUT2D eigenvalue weighted by atomic mass is 9.87. The van der Waals surface area contributed by atoms with Crippen molar-refractivity contribution in [2.45, 2.75) is 70.7 Å². The smallest absolute Gasteiger partial charge is 0.386 e.